The Morgan fingerprint density at radius 2 is 1.81 bits per heavy atom. The minimum Gasteiger partial charge on any atom is -0.473 e. The summed E-state index contributed by atoms with van der Waals surface area (Å²) in [7, 11) is 1.82. The first-order valence-corrected chi connectivity index (χ1v) is 13.8. The first-order chi connectivity index (χ1) is 17.4. The van der Waals surface area contributed by atoms with E-state index in [1.807, 2.05) is 33.0 Å². The Balaban J connectivity index is 1.74. The molecule has 0 spiro atoms. The molecule has 4 rings (SSSR count). The predicted octanol–water partition coefficient (Wildman–Crippen LogP) is 7.50. The van der Waals surface area contributed by atoms with Crippen molar-refractivity contribution in [1.29, 1.82) is 5.41 Å². The van der Waals surface area contributed by atoms with Crippen molar-refractivity contribution in [1.82, 2.24) is 4.98 Å². The zero-order chi connectivity index (χ0) is 27.1. The quantitative estimate of drug-likeness (QED) is 0.302. The Labute approximate surface area is 222 Å². The molecule has 1 aromatic carbocycles. The third kappa shape index (κ3) is 5.68. The summed E-state index contributed by atoms with van der Waals surface area (Å²) < 4.78 is 6.24. The van der Waals surface area contributed by atoms with Gasteiger partial charge in [-0.3, -0.25) is 15.1 Å². The maximum absolute atomic E-state index is 13.7. The first-order valence-electron chi connectivity index (χ1n) is 13.8. The van der Waals surface area contributed by atoms with E-state index in [1.165, 1.54) is 11.1 Å². The van der Waals surface area contributed by atoms with Crippen molar-refractivity contribution in [3.05, 3.63) is 46.6 Å². The van der Waals surface area contributed by atoms with Crippen LogP contribution >= 0.6 is 0 Å². The van der Waals surface area contributed by atoms with E-state index in [0.717, 1.165) is 49.0 Å². The molecule has 1 heterocycles. The average molecular weight is 505 g/mol. The van der Waals surface area contributed by atoms with E-state index in [0.29, 0.717) is 23.3 Å². The Kier molecular flexibility index (Phi) is 7.68. The highest BCUT2D eigenvalue weighted by atomic mass is 16.5. The van der Waals surface area contributed by atoms with Crippen molar-refractivity contribution < 1.29 is 9.53 Å². The summed E-state index contributed by atoms with van der Waals surface area (Å²) >= 11 is 0. The second-order valence-electron chi connectivity index (χ2n) is 12.2. The van der Waals surface area contributed by atoms with Gasteiger partial charge in [0.25, 0.3) is 0 Å². The van der Waals surface area contributed by atoms with Crippen LogP contribution in [0.25, 0.3) is 0 Å². The number of amides is 1. The number of nitrogens with zero attached hydrogens (tertiary/aromatic N) is 2. The maximum atomic E-state index is 13.7. The lowest BCUT2D eigenvalue weighted by atomic mass is 9.69. The topological polar surface area (TPSA) is 78.3 Å². The Hall–Kier alpha value is -2.89. The molecule has 2 aromatic rings. The van der Waals surface area contributed by atoms with Crippen LogP contribution in [0.2, 0.25) is 0 Å². The SMILES string of the molecule is CNc1ccc(N(C(=O)C(C)C)c2cc(C)c(C)cc2C2CC2)nc1C(=N)OC1CCC(C)C(C)(C)C1. The summed E-state index contributed by atoms with van der Waals surface area (Å²) in [4.78, 5) is 20.4. The molecule has 6 heteroatoms. The lowest BCUT2D eigenvalue weighted by Gasteiger charge is -2.40. The molecule has 6 nitrogen and oxygen atoms in total. The number of carbonyl (C=O) groups excluding carboxylic acids is 1. The lowest BCUT2D eigenvalue weighted by Crippen LogP contribution is -2.36. The molecule has 37 heavy (non-hydrogen) atoms. The van der Waals surface area contributed by atoms with Crippen molar-refractivity contribution in [2.24, 2.45) is 17.3 Å². The zero-order valence-electron chi connectivity index (χ0n) is 23.9. The number of anilines is 3. The monoisotopic (exact) mass is 504 g/mol. The van der Waals surface area contributed by atoms with Gasteiger partial charge in [-0.25, -0.2) is 4.98 Å². The van der Waals surface area contributed by atoms with E-state index in [-0.39, 0.29) is 29.2 Å². The molecule has 2 N–H and O–H groups in total. The molecule has 1 amide bonds. The van der Waals surface area contributed by atoms with Crippen molar-refractivity contribution in [2.75, 3.05) is 17.3 Å². The molecule has 200 valence electrons. The molecule has 2 aliphatic carbocycles. The van der Waals surface area contributed by atoms with Crippen molar-refractivity contribution in [3.8, 4) is 0 Å². The summed E-state index contributed by atoms with van der Waals surface area (Å²) in [6.45, 7) is 14.9. The maximum Gasteiger partial charge on any atom is 0.235 e. The number of hydrogen-bond acceptors (Lipinski definition) is 5. The standard InChI is InChI=1S/C31H44N4O2/c1-18(2)30(36)35(26-16-20(4)19(3)15-24(26)22-10-11-22)27-14-13-25(33-8)28(34-27)29(32)37-23-12-9-21(5)31(6,7)17-23/h13-16,18,21-23,32-33H,9-12,17H2,1-8H3. The van der Waals surface area contributed by atoms with E-state index in [9.17, 15) is 4.79 Å². The molecular formula is C31H44N4O2. The molecular weight excluding hydrogens is 460 g/mol. The van der Waals surface area contributed by atoms with Crippen LogP contribution in [-0.4, -0.2) is 29.9 Å². The van der Waals surface area contributed by atoms with Gasteiger partial charge in [0.05, 0.1) is 11.4 Å². The van der Waals surface area contributed by atoms with Crippen LogP contribution in [0.1, 0.15) is 95.0 Å². The smallest absolute Gasteiger partial charge is 0.235 e. The van der Waals surface area contributed by atoms with Gasteiger partial charge in [-0.15, -0.1) is 0 Å². The van der Waals surface area contributed by atoms with Gasteiger partial charge in [-0.05, 0) is 98.1 Å². The highest BCUT2D eigenvalue weighted by molar-refractivity contribution is 6.03. The molecule has 2 aliphatic rings. The van der Waals surface area contributed by atoms with E-state index in [1.54, 1.807) is 4.90 Å². The molecule has 2 saturated carbocycles. The minimum absolute atomic E-state index is 0.00345. The third-order valence-electron chi connectivity index (χ3n) is 8.50. The van der Waals surface area contributed by atoms with E-state index < -0.39 is 0 Å². The number of rotatable bonds is 7. The molecule has 0 radical (unpaired) electrons. The number of pyridine rings is 1. The number of nitrogens with one attached hydrogen (secondary N) is 2. The van der Waals surface area contributed by atoms with Crippen LogP contribution in [0.4, 0.5) is 17.2 Å². The number of hydrogen-bond donors (Lipinski definition) is 2. The fourth-order valence-corrected chi connectivity index (χ4v) is 5.34. The summed E-state index contributed by atoms with van der Waals surface area (Å²) in [5.41, 5.74) is 5.85. The van der Waals surface area contributed by atoms with Crippen LogP contribution in [-0.2, 0) is 9.53 Å². The molecule has 1 aromatic heterocycles. The van der Waals surface area contributed by atoms with Crippen molar-refractivity contribution in [2.45, 2.75) is 92.6 Å². The first kappa shape index (κ1) is 27.2. The zero-order valence-corrected chi connectivity index (χ0v) is 23.9. The van der Waals surface area contributed by atoms with Gasteiger partial charge in [0, 0.05) is 13.0 Å². The van der Waals surface area contributed by atoms with Gasteiger partial charge in [0.15, 0.2) is 0 Å². The Morgan fingerprint density at radius 3 is 2.41 bits per heavy atom. The molecule has 2 unspecified atom stereocenters. The largest absolute Gasteiger partial charge is 0.473 e. The molecule has 0 bridgehead atoms. The van der Waals surface area contributed by atoms with E-state index in [4.69, 9.17) is 15.1 Å². The highest BCUT2D eigenvalue weighted by Gasteiger charge is 2.36. The summed E-state index contributed by atoms with van der Waals surface area (Å²) in [5, 5.41) is 12.0. The summed E-state index contributed by atoms with van der Waals surface area (Å²) in [5.74, 6) is 1.49. The predicted molar refractivity (Wildman–Crippen MR) is 152 cm³/mol. The average Bonchev–Trinajstić information content (AvgIpc) is 3.68. The van der Waals surface area contributed by atoms with Crippen LogP contribution in [0.5, 0.6) is 0 Å². The van der Waals surface area contributed by atoms with Crippen LogP contribution in [0.3, 0.4) is 0 Å². The molecule has 2 atom stereocenters. The van der Waals surface area contributed by atoms with Crippen molar-refractivity contribution in [3.63, 3.8) is 0 Å². The van der Waals surface area contributed by atoms with Gasteiger partial charge < -0.3 is 10.1 Å². The number of carbonyl (C=O) groups is 1. The van der Waals surface area contributed by atoms with Gasteiger partial charge in [0.2, 0.25) is 11.8 Å². The summed E-state index contributed by atoms with van der Waals surface area (Å²) in [6, 6.07) is 8.15. The fourth-order valence-electron chi connectivity index (χ4n) is 5.34. The van der Waals surface area contributed by atoms with Crippen LogP contribution in [0, 0.1) is 36.5 Å². The highest BCUT2D eigenvalue weighted by Crippen LogP contribution is 2.47. The molecule has 0 saturated heterocycles. The summed E-state index contributed by atoms with van der Waals surface area (Å²) in [6.07, 6.45) is 5.22. The van der Waals surface area contributed by atoms with Gasteiger partial charge in [-0.1, -0.05) is 40.7 Å². The number of benzene rings is 1. The van der Waals surface area contributed by atoms with Crippen LogP contribution in [0.15, 0.2) is 24.3 Å². The van der Waals surface area contributed by atoms with E-state index in [2.05, 4.69) is 52.1 Å². The van der Waals surface area contributed by atoms with Crippen molar-refractivity contribution >= 4 is 29.0 Å². The van der Waals surface area contributed by atoms with Gasteiger partial charge >= 0.3 is 0 Å². The van der Waals surface area contributed by atoms with Gasteiger partial charge in [0.1, 0.15) is 17.6 Å². The number of ether oxygens (including phenoxy) is 1. The lowest BCUT2D eigenvalue weighted by molar-refractivity contribution is -0.120. The number of aromatic nitrogens is 1. The third-order valence-corrected chi connectivity index (χ3v) is 8.50. The number of aryl methyl sites for hydroxylation is 2. The second-order valence-corrected chi connectivity index (χ2v) is 12.2. The second kappa shape index (κ2) is 10.5. The Morgan fingerprint density at radius 1 is 1.14 bits per heavy atom. The molecule has 2 fully saturated rings. The minimum atomic E-state index is -0.204. The normalized spacial score (nSPS) is 21.0. The van der Waals surface area contributed by atoms with E-state index >= 15 is 0 Å². The van der Waals surface area contributed by atoms with Gasteiger partial charge in [-0.2, -0.15) is 0 Å². The van der Waals surface area contributed by atoms with Crippen LogP contribution < -0.4 is 10.2 Å². The fraction of sp³-hybridized carbons (Fsp3) is 0.581. The molecule has 0 aliphatic heterocycles. The Bertz CT molecular complexity index is 1180.